The number of para-hydroxylation sites is 1. The number of rotatable bonds is 6. The number of carbonyl (C=O) groups is 3. The van der Waals surface area contributed by atoms with Crippen LogP contribution in [0.25, 0.3) is 0 Å². The molecule has 3 amide bonds. The van der Waals surface area contributed by atoms with Gasteiger partial charge in [-0.15, -0.1) is 0 Å². The first-order chi connectivity index (χ1) is 16.5. The Balaban J connectivity index is 1.45. The van der Waals surface area contributed by atoms with Crippen LogP contribution in [0.5, 0.6) is 0 Å². The summed E-state index contributed by atoms with van der Waals surface area (Å²) in [5, 5.41) is 3.41. The Morgan fingerprint density at radius 3 is 2.38 bits per heavy atom. The molecule has 8 heteroatoms. The van der Waals surface area contributed by atoms with E-state index in [2.05, 4.69) is 5.32 Å². The lowest BCUT2D eigenvalue weighted by Gasteiger charge is -2.35. The number of halogens is 1. The fourth-order valence-electron chi connectivity index (χ4n) is 3.85. The molecule has 1 fully saturated rings. The molecule has 3 aromatic carbocycles. The number of esters is 1. The van der Waals surface area contributed by atoms with Crippen LogP contribution in [-0.2, 0) is 11.3 Å². The summed E-state index contributed by atoms with van der Waals surface area (Å²) in [4.78, 5) is 41.3. The van der Waals surface area contributed by atoms with Gasteiger partial charge in [-0.3, -0.25) is 9.69 Å². The number of carbonyl (C=O) groups excluding carboxylic acids is 3. The van der Waals surface area contributed by atoms with Crippen molar-refractivity contribution in [2.24, 2.45) is 0 Å². The molecule has 1 N–H and O–H groups in total. The van der Waals surface area contributed by atoms with Gasteiger partial charge in [0.25, 0.3) is 5.91 Å². The molecule has 174 valence electrons. The van der Waals surface area contributed by atoms with E-state index in [4.69, 9.17) is 16.3 Å². The van der Waals surface area contributed by atoms with Crippen LogP contribution in [0.1, 0.15) is 32.7 Å². The Bertz CT molecular complexity index is 1200. The second kappa shape index (κ2) is 10.4. The predicted octanol–water partition coefficient (Wildman–Crippen LogP) is 5.21. The van der Waals surface area contributed by atoms with Gasteiger partial charge in [0.1, 0.15) is 0 Å². The van der Waals surface area contributed by atoms with E-state index in [0.717, 1.165) is 17.7 Å². The van der Waals surface area contributed by atoms with Crippen molar-refractivity contribution in [1.29, 1.82) is 0 Å². The first-order valence-electron chi connectivity index (χ1n) is 10.9. The van der Waals surface area contributed by atoms with Gasteiger partial charge in [0.05, 0.1) is 18.4 Å². The number of nitrogens with one attached hydrogen (secondary N) is 1. The second-order valence-electron chi connectivity index (χ2n) is 7.87. The molecule has 1 saturated heterocycles. The highest BCUT2D eigenvalue weighted by Gasteiger charge is 2.27. The summed E-state index contributed by atoms with van der Waals surface area (Å²) in [6.45, 7) is 1.79. The van der Waals surface area contributed by atoms with Crippen LogP contribution in [0.4, 0.5) is 16.2 Å². The summed E-state index contributed by atoms with van der Waals surface area (Å²) < 4.78 is 4.77. The number of nitrogens with zero attached hydrogens (tertiary/aromatic N) is 2. The minimum atomic E-state index is -0.530. The van der Waals surface area contributed by atoms with E-state index in [0.29, 0.717) is 35.9 Å². The molecule has 4 rings (SSSR count). The number of anilines is 2. The van der Waals surface area contributed by atoms with Crippen molar-refractivity contribution in [3.8, 4) is 0 Å². The Kier molecular flexibility index (Phi) is 7.13. The molecule has 0 unspecified atom stereocenters. The van der Waals surface area contributed by atoms with Crippen LogP contribution in [0.15, 0.2) is 72.8 Å². The standard InChI is InChI=1S/C26H24ClN3O4/c1-34-25(32)22-5-2-3-6-23(22)28-24(31)19-9-13-21(14-10-19)30-16-4-15-29(26(30)33)17-18-7-11-20(27)12-8-18/h2-3,5-14H,4,15-17H2,1H3,(H,28,31). The molecule has 0 spiro atoms. The Morgan fingerprint density at radius 1 is 0.971 bits per heavy atom. The zero-order valence-corrected chi connectivity index (χ0v) is 19.4. The number of methoxy groups -OCH3 is 1. The van der Waals surface area contributed by atoms with Gasteiger partial charge in [-0.2, -0.15) is 0 Å². The summed E-state index contributed by atoms with van der Waals surface area (Å²) >= 11 is 5.96. The minimum Gasteiger partial charge on any atom is -0.465 e. The van der Waals surface area contributed by atoms with Crippen molar-refractivity contribution in [1.82, 2.24) is 4.90 Å². The van der Waals surface area contributed by atoms with E-state index in [-0.39, 0.29) is 17.5 Å². The summed E-state index contributed by atoms with van der Waals surface area (Å²) in [7, 11) is 1.29. The highest BCUT2D eigenvalue weighted by molar-refractivity contribution is 6.30. The second-order valence-corrected chi connectivity index (χ2v) is 8.31. The van der Waals surface area contributed by atoms with Gasteiger partial charge in [0, 0.05) is 35.9 Å². The van der Waals surface area contributed by atoms with E-state index in [1.165, 1.54) is 7.11 Å². The third kappa shape index (κ3) is 5.21. The molecule has 3 aromatic rings. The summed E-state index contributed by atoms with van der Waals surface area (Å²) in [6, 6.07) is 20.9. The van der Waals surface area contributed by atoms with Crippen molar-refractivity contribution in [3.05, 3.63) is 94.5 Å². The normalized spacial score (nSPS) is 13.5. The fourth-order valence-corrected chi connectivity index (χ4v) is 3.97. The molecule has 0 atom stereocenters. The average molecular weight is 478 g/mol. The molecular weight excluding hydrogens is 454 g/mol. The molecule has 0 aromatic heterocycles. The van der Waals surface area contributed by atoms with Crippen molar-refractivity contribution >= 4 is 40.9 Å². The SMILES string of the molecule is COC(=O)c1ccccc1NC(=O)c1ccc(N2CCCN(Cc3ccc(Cl)cc3)C2=O)cc1. The van der Waals surface area contributed by atoms with Crippen LogP contribution in [-0.4, -0.2) is 43.0 Å². The summed E-state index contributed by atoms with van der Waals surface area (Å²) in [5.41, 5.74) is 2.78. The van der Waals surface area contributed by atoms with Gasteiger partial charge in [-0.1, -0.05) is 35.9 Å². The monoisotopic (exact) mass is 477 g/mol. The number of amides is 3. The first-order valence-corrected chi connectivity index (χ1v) is 11.2. The van der Waals surface area contributed by atoms with Crippen LogP contribution in [0.3, 0.4) is 0 Å². The lowest BCUT2D eigenvalue weighted by Crippen LogP contribution is -2.49. The van der Waals surface area contributed by atoms with Crippen LogP contribution in [0, 0.1) is 0 Å². The molecule has 1 aliphatic rings. The maximum absolute atomic E-state index is 13.1. The van der Waals surface area contributed by atoms with E-state index in [9.17, 15) is 14.4 Å². The molecule has 34 heavy (non-hydrogen) atoms. The predicted molar refractivity (Wildman–Crippen MR) is 131 cm³/mol. The highest BCUT2D eigenvalue weighted by atomic mass is 35.5. The molecule has 1 heterocycles. The van der Waals surface area contributed by atoms with Gasteiger partial charge in [-0.05, 0) is 60.5 Å². The van der Waals surface area contributed by atoms with Gasteiger partial charge < -0.3 is 15.0 Å². The zero-order valence-electron chi connectivity index (χ0n) is 18.7. The fraction of sp³-hybridized carbons (Fsp3) is 0.192. The van der Waals surface area contributed by atoms with Crippen LogP contribution >= 0.6 is 11.6 Å². The zero-order chi connectivity index (χ0) is 24.1. The first kappa shape index (κ1) is 23.3. The molecular formula is C26H24ClN3O4. The van der Waals surface area contributed by atoms with Gasteiger partial charge in [0.15, 0.2) is 0 Å². The molecule has 7 nitrogen and oxygen atoms in total. The minimum absolute atomic E-state index is 0.0783. The number of urea groups is 1. The third-order valence-electron chi connectivity index (χ3n) is 5.62. The van der Waals surface area contributed by atoms with E-state index in [1.807, 2.05) is 24.3 Å². The summed E-state index contributed by atoms with van der Waals surface area (Å²) in [6.07, 6.45) is 0.839. The highest BCUT2D eigenvalue weighted by Crippen LogP contribution is 2.23. The van der Waals surface area contributed by atoms with Crippen molar-refractivity contribution in [3.63, 3.8) is 0 Å². The molecule has 1 aliphatic heterocycles. The van der Waals surface area contributed by atoms with Crippen molar-refractivity contribution < 1.29 is 19.1 Å². The Labute approximate surface area is 202 Å². The van der Waals surface area contributed by atoms with Crippen molar-refractivity contribution in [2.45, 2.75) is 13.0 Å². The van der Waals surface area contributed by atoms with E-state index < -0.39 is 5.97 Å². The Hall–Kier alpha value is -3.84. The van der Waals surface area contributed by atoms with E-state index >= 15 is 0 Å². The van der Waals surface area contributed by atoms with Crippen molar-refractivity contribution in [2.75, 3.05) is 30.4 Å². The lowest BCUT2D eigenvalue weighted by molar-refractivity contribution is 0.0602. The molecule has 0 radical (unpaired) electrons. The van der Waals surface area contributed by atoms with Gasteiger partial charge in [-0.25, -0.2) is 9.59 Å². The quantitative estimate of drug-likeness (QED) is 0.494. The number of ether oxygens (including phenoxy) is 1. The van der Waals surface area contributed by atoms with Gasteiger partial charge in [0.2, 0.25) is 0 Å². The lowest BCUT2D eigenvalue weighted by atomic mass is 10.1. The molecule has 0 saturated carbocycles. The van der Waals surface area contributed by atoms with Gasteiger partial charge >= 0.3 is 12.0 Å². The number of benzene rings is 3. The average Bonchev–Trinajstić information content (AvgIpc) is 2.86. The smallest absolute Gasteiger partial charge is 0.339 e. The molecule has 0 aliphatic carbocycles. The Morgan fingerprint density at radius 2 is 1.68 bits per heavy atom. The maximum Gasteiger partial charge on any atom is 0.339 e. The topological polar surface area (TPSA) is 79.0 Å². The van der Waals surface area contributed by atoms with Crippen LogP contribution < -0.4 is 10.2 Å². The molecule has 0 bridgehead atoms. The number of hydrogen-bond donors (Lipinski definition) is 1. The third-order valence-corrected chi connectivity index (χ3v) is 5.87. The summed E-state index contributed by atoms with van der Waals surface area (Å²) in [5.74, 6) is -0.893. The van der Waals surface area contributed by atoms with Crippen LogP contribution in [0.2, 0.25) is 5.02 Å². The maximum atomic E-state index is 13.1. The largest absolute Gasteiger partial charge is 0.465 e. The number of hydrogen-bond acceptors (Lipinski definition) is 4. The van der Waals surface area contributed by atoms with E-state index in [1.54, 1.807) is 58.3 Å².